The summed E-state index contributed by atoms with van der Waals surface area (Å²) in [6, 6.07) is 10.6. The number of anilines is 6. The molecule has 0 saturated carbocycles. The number of rotatable bonds is 13. The standard InChI is InChI=1S/C27H32ClN7O4S/c1-4-25(36)30-22-15-21(23(38-2)16-24(22)39-14-13-35-11-7-8-12-35)32-27-29-17-18(28)26(33-27)31-19-9-5-6-10-20(19)34-40(3)37/h4-6,9-10,15-17,34H,1,7-8,11-14H2,2-3H3,(H,30,36)(H2,29,31,32,33). The van der Waals surface area contributed by atoms with Crippen LogP contribution in [0.5, 0.6) is 11.5 Å². The van der Waals surface area contributed by atoms with Crippen molar-refractivity contribution < 1.29 is 18.5 Å². The number of para-hydroxylation sites is 2. The van der Waals surface area contributed by atoms with Crippen LogP contribution in [0.2, 0.25) is 5.02 Å². The Morgan fingerprint density at radius 2 is 1.88 bits per heavy atom. The maximum Gasteiger partial charge on any atom is 0.247 e. The largest absolute Gasteiger partial charge is 0.494 e. The van der Waals surface area contributed by atoms with Crippen molar-refractivity contribution in [3.63, 3.8) is 0 Å². The number of halogens is 1. The van der Waals surface area contributed by atoms with E-state index in [0.717, 1.165) is 19.6 Å². The number of nitrogens with zero attached hydrogens (tertiary/aromatic N) is 3. The molecule has 3 aromatic rings. The molecule has 1 aromatic heterocycles. The van der Waals surface area contributed by atoms with Gasteiger partial charge in [-0.15, -0.1) is 0 Å². The zero-order valence-electron chi connectivity index (χ0n) is 22.3. The number of ether oxygens (including phenoxy) is 2. The van der Waals surface area contributed by atoms with E-state index >= 15 is 0 Å². The quantitative estimate of drug-likeness (QED) is 0.206. The van der Waals surface area contributed by atoms with Crippen molar-refractivity contribution in [3.8, 4) is 11.5 Å². The molecule has 0 radical (unpaired) electrons. The second kappa shape index (κ2) is 14.0. The van der Waals surface area contributed by atoms with Gasteiger partial charge in [-0.25, -0.2) is 9.19 Å². The minimum absolute atomic E-state index is 0.221. The summed E-state index contributed by atoms with van der Waals surface area (Å²) in [6.45, 7) is 6.92. The molecular weight excluding hydrogens is 554 g/mol. The van der Waals surface area contributed by atoms with Crippen LogP contribution in [0.3, 0.4) is 0 Å². The van der Waals surface area contributed by atoms with E-state index in [1.165, 1.54) is 32.2 Å². The summed E-state index contributed by atoms with van der Waals surface area (Å²) in [7, 11) is 0.267. The van der Waals surface area contributed by atoms with Crippen molar-refractivity contribution in [2.75, 3.05) is 60.3 Å². The van der Waals surface area contributed by atoms with Crippen LogP contribution in [-0.2, 0) is 15.8 Å². The zero-order valence-corrected chi connectivity index (χ0v) is 23.9. The summed E-state index contributed by atoms with van der Waals surface area (Å²) < 4.78 is 26.2. The van der Waals surface area contributed by atoms with Crippen molar-refractivity contribution in [2.45, 2.75) is 12.8 Å². The van der Waals surface area contributed by atoms with Crippen molar-refractivity contribution in [1.82, 2.24) is 14.9 Å². The first-order chi connectivity index (χ1) is 19.4. The number of methoxy groups -OCH3 is 1. The first-order valence-electron chi connectivity index (χ1n) is 12.6. The molecule has 13 heteroatoms. The second-order valence-corrected chi connectivity index (χ2v) is 10.4. The lowest BCUT2D eigenvalue weighted by atomic mass is 10.2. The molecule has 1 aliphatic rings. The molecule has 4 rings (SSSR count). The second-order valence-electron chi connectivity index (χ2n) is 8.88. The molecule has 212 valence electrons. The Morgan fingerprint density at radius 3 is 2.58 bits per heavy atom. The fourth-order valence-corrected chi connectivity index (χ4v) is 4.74. The number of carbonyl (C=O) groups excluding carboxylic acids is 1. The predicted molar refractivity (Wildman–Crippen MR) is 161 cm³/mol. The first-order valence-corrected chi connectivity index (χ1v) is 14.6. The summed E-state index contributed by atoms with van der Waals surface area (Å²) in [5.41, 5.74) is 2.18. The number of amides is 1. The number of likely N-dealkylation sites (tertiary alicyclic amines) is 1. The van der Waals surface area contributed by atoms with Gasteiger partial charge in [-0.2, -0.15) is 4.98 Å². The molecular formula is C27H32ClN7O4S. The van der Waals surface area contributed by atoms with E-state index in [4.69, 9.17) is 21.1 Å². The highest BCUT2D eigenvalue weighted by atomic mass is 35.5. The molecule has 1 amide bonds. The number of nitrogens with one attached hydrogen (secondary N) is 4. The van der Waals surface area contributed by atoms with Crippen molar-refractivity contribution in [3.05, 3.63) is 60.3 Å². The molecule has 1 unspecified atom stereocenters. The third-order valence-corrected chi connectivity index (χ3v) is 6.82. The molecule has 2 heterocycles. The summed E-state index contributed by atoms with van der Waals surface area (Å²) >= 11 is 6.38. The maximum atomic E-state index is 12.2. The normalized spacial score (nSPS) is 13.8. The van der Waals surface area contributed by atoms with Crippen molar-refractivity contribution in [2.24, 2.45) is 0 Å². The topological polar surface area (TPSA) is 130 Å². The van der Waals surface area contributed by atoms with E-state index in [1.54, 1.807) is 30.5 Å². The molecule has 1 fully saturated rings. The van der Waals surface area contributed by atoms with Gasteiger partial charge in [-0.05, 0) is 50.2 Å². The summed E-state index contributed by atoms with van der Waals surface area (Å²) in [4.78, 5) is 23.3. The van der Waals surface area contributed by atoms with Gasteiger partial charge in [0.05, 0.1) is 36.1 Å². The van der Waals surface area contributed by atoms with E-state index in [-0.39, 0.29) is 16.9 Å². The number of hydrogen-bond donors (Lipinski definition) is 4. The van der Waals surface area contributed by atoms with E-state index in [2.05, 4.69) is 42.1 Å². The third kappa shape index (κ3) is 7.84. The fraction of sp³-hybridized carbons (Fsp3) is 0.296. The SMILES string of the molecule is C=CC(=O)Nc1cc(Nc2ncc(Cl)c(Nc3ccccc3NS(C)=O)n2)c(OC)cc1OCCN1CCCC1. The van der Waals surface area contributed by atoms with Crippen molar-refractivity contribution >= 4 is 63.0 Å². The smallest absolute Gasteiger partial charge is 0.247 e. The lowest BCUT2D eigenvalue weighted by Gasteiger charge is -2.19. The van der Waals surface area contributed by atoms with E-state index in [9.17, 15) is 9.00 Å². The van der Waals surface area contributed by atoms with Gasteiger partial charge in [-0.1, -0.05) is 30.3 Å². The number of aromatic nitrogens is 2. The minimum atomic E-state index is -1.27. The van der Waals surface area contributed by atoms with Gasteiger partial charge in [0.2, 0.25) is 11.9 Å². The molecule has 4 N–H and O–H groups in total. The molecule has 1 saturated heterocycles. The maximum absolute atomic E-state index is 12.2. The first kappa shape index (κ1) is 29.1. The van der Waals surface area contributed by atoms with E-state index in [0.29, 0.717) is 46.7 Å². The predicted octanol–water partition coefficient (Wildman–Crippen LogP) is 4.93. The average molecular weight is 586 g/mol. The Kier molecular flexibility index (Phi) is 10.2. The number of hydrogen-bond acceptors (Lipinski definition) is 9. The Balaban J connectivity index is 1.58. The van der Waals surface area contributed by atoms with Crippen LogP contribution in [0.1, 0.15) is 12.8 Å². The van der Waals surface area contributed by atoms with E-state index in [1.807, 2.05) is 12.1 Å². The summed E-state index contributed by atoms with van der Waals surface area (Å²) in [5, 5.41) is 9.37. The number of carbonyl (C=O) groups is 1. The van der Waals surface area contributed by atoms with Gasteiger partial charge in [0, 0.05) is 18.9 Å². The molecule has 40 heavy (non-hydrogen) atoms. The van der Waals surface area contributed by atoms with Gasteiger partial charge in [0.25, 0.3) is 0 Å². The van der Waals surface area contributed by atoms with Crippen molar-refractivity contribution in [1.29, 1.82) is 0 Å². The Hall–Kier alpha value is -3.87. The van der Waals surface area contributed by atoms with Gasteiger partial charge in [0.15, 0.2) is 5.82 Å². The molecule has 0 spiro atoms. The van der Waals surface area contributed by atoms with Gasteiger partial charge >= 0.3 is 0 Å². The number of benzene rings is 2. The molecule has 1 aliphatic heterocycles. The lowest BCUT2D eigenvalue weighted by Crippen LogP contribution is -2.25. The molecule has 1 atom stereocenters. The van der Waals surface area contributed by atoms with Crippen LogP contribution < -0.4 is 30.1 Å². The molecule has 0 bridgehead atoms. The van der Waals surface area contributed by atoms with Crippen LogP contribution in [0.25, 0.3) is 0 Å². The van der Waals surface area contributed by atoms with E-state index < -0.39 is 11.0 Å². The van der Waals surface area contributed by atoms with Gasteiger partial charge in [0.1, 0.15) is 34.1 Å². The zero-order chi connectivity index (χ0) is 28.5. The van der Waals surface area contributed by atoms with Gasteiger partial charge in [-0.3, -0.25) is 9.69 Å². The Bertz CT molecular complexity index is 1380. The minimum Gasteiger partial charge on any atom is -0.494 e. The van der Waals surface area contributed by atoms with Crippen LogP contribution in [0, 0.1) is 0 Å². The Labute approximate surface area is 240 Å². The van der Waals surface area contributed by atoms with Crippen LogP contribution in [-0.4, -0.2) is 64.6 Å². The van der Waals surface area contributed by atoms with Gasteiger partial charge < -0.3 is 30.1 Å². The summed E-state index contributed by atoms with van der Waals surface area (Å²) in [5.74, 6) is 1.10. The van der Waals surface area contributed by atoms with Crippen LogP contribution in [0.15, 0.2) is 55.3 Å². The third-order valence-electron chi connectivity index (χ3n) is 6.03. The monoisotopic (exact) mass is 585 g/mol. The molecule has 0 aliphatic carbocycles. The van der Waals surface area contributed by atoms with Crippen LogP contribution in [0.4, 0.5) is 34.5 Å². The molecule has 2 aromatic carbocycles. The summed E-state index contributed by atoms with van der Waals surface area (Å²) in [6.07, 6.45) is 6.57. The highest BCUT2D eigenvalue weighted by Crippen LogP contribution is 2.38. The van der Waals surface area contributed by atoms with Crippen LogP contribution >= 0.6 is 11.6 Å². The lowest BCUT2D eigenvalue weighted by molar-refractivity contribution is -0.111. The highest BCUT2D eigenvalue weighted by molar-refractivity contribution is 7.85. The fourth-order valence-electron chi connectivity index (χ4n) is 4.12. The molecule has 11 nitrogen and oxygen atoms in total. The highest BCUT2D eigenvalue weighted by Gasteiger charge is 2.17. The average Bonchev–Trinajstić information content (AvgIpc) is 3.46. The Morgan fingerprint density at radius 1 is 1.12 bits per heavy atom.